The zero-order chi connectivity index (χ0) is 35.2. The van der Waals surface area contributed by atoms with E-state index in [1.165, 1.54) is 0 Å². The molecule has 8 nitrogen and oxygen atoms in total. The van der Waals surface area contributed by atoms with Gasteiger partial charge in [-0.25, -0.2) is 0 Å². The van der Waals surface area contributed by atoms with Gasteiger partial charge in [0.1, 0.15) is 36.6 Å². The molecule has 2 aromatic rings. The smallest absolute Gasteiger partial charge is 0.193 e. The molecule has 0 aliphatic carbocycles. The van der Waals surface area contributed by atoms with Crippen molar-refractivity contribution in [2.24, 2.45) is 0 Å². The Morgan fingerprint density at radius 1 is 0.875 bits per heavy atom. The van der Waals surface area contributed by atoms with Gasteiger partial charge in [0, 0.05) is 0 Å². The highest BCUT2D eigenvalue weighted by Crippen LogP contribution is 2.40. The molecule has 0 N–H and O–H groups in total. The van der Waals surface area contributed by atoms with Gasteiger partial charge in [-0.15, -0.1) is 0 Å². The van der Waals surface area contributed by atoms with Crippen LogP contribution in [0.3, 0.4) is 0 Å². The molecule has 0 unspecified atom stereocenters. The Hall–Kier alpha value is -2.47. The summed E-state index contributed by atoms with van der Waals surface area (Å²) in [5.41, 5.74) is 1.99. The predicted octanol–water partition coefficient (Wildman–Crippen LogP) is 7.92. The largest absolute Gasteiger partial charge is 0.403 e. The van der Waals surface area contributed by atoms with Crippen molar-refractivity contribution < 1.29 is 37.6 Å². The van der Waals surface area contributed by atoms with Crippen molar-refractivity contribution in [3.05, 3.63) is 96.1 Å². The summed E-state index contributed by atoms with van der Waals surface area (Å²) in [7, 11) is -2.25. The lowest BCUT2D eigenvalue weighted by atomic mass is 9.98. The molecule has 2 aromatic carbocycles. The lowest BCUT2D eigenvalue weighted by molar-refractivity contribution is -0.178. The summed E-state index contributed by atoms with van der Waals surface area (Å²) in [5, 5.41) is -0.0588. The van der Waals surface area contributed by atoms with Crippen molar-refractivity contribution in [2.75, 3.05) is 6.61 Å². The number of benzene rings is 2. The highest BCUT2D eigenvalue weighted by molar-refractivity contribution is 6.74. The summed E-state index contributed by atoms with van der Waals surface area (Å²) in [6, 6.07) is 19.9. The quantitative estimate of drug-likeness (QED) is 0.107. The molecule has 9 heteroatoms. The molecule has 2 aliphatic rings. The fourth-order valence-corrected chi connectivity index (χ4v) is 6.73. The van der Waals surface area contributed by atoms with Gasteiger partial charge in [0.2, 0.25) is 0 Å². The van der Waals surface area contributed by atoms with Gasteiger partial charge in [0.05, 0.1) is 19.8 Å². The van der Waals surface area contributed by atoms with E-state index in [1.54, 1.807) is 12.2 Å². The van der Waals surface area contributed by atoms with Crippen LogP contribution in [0.5, 0.6) is 0 Å². The Morgan fingerprint density at radius 2 is 1.46 bits per heavy atom. The Balaban J connectivity index is 1.71. The van der Waals surface area contributed by atoms with Gasteiger partial charge in [-0.3, -0.25) is 4.79 Å². The zero-order valence-corrected chi connectivity index (χ0v) is 31.4. The van der Waals surface area contributed by atoms with Crippen molar-refractivity contribution in [3.63, 3.8) is 0 Å². The first kappa shape index (κ1) is 38.3. The van der Waals surface area contributed by atoms with Crippen LogP contribution in [-0.2, 0) is 50.9 Å². The van der Waals surface area contributed by atoms with E-state index < -0.39 is 56.5 Å². The molecular formula is C39H56O8Si. The van der Waals surface area contributed by atoms with Crippen LogP contribution in [0.25, 0.3) is 0 Å². The minimum atomic E-state index is -2.25. The molecule has 2 saturated heterocycles. The van der Waals surface area contributed by atoms with E-state index in [9.17, 15) is 4.79 Å². The number of hydrogen-bond acceptors (Lipinski definition) is 8. The average Bonchev–Trinajstić information content (AvgIpc) is 3.55. The van der Waals surface area contributed by atoms with E-state index in [0.29, 0.717) is 19.8 Å². The number of ether oxygens (including phenoxy) is 6. The van der Waals surface area contributed by atoms with Gasteiger partial charge in [-0.05, 0) is 76.0 Å². The maximum atomic E-state index is 13.9. The molecule has 2 fully saturated rings. The molecule has 2 heterocycles. The molecule has 0 amide bonds. The number of rotatable bonds is 15. The third kappa shape index (κ3) is 10.5. The summed E-state index contributed by atoms with van der Waals surface area (Å²) in [6.45, 7) is 21.2. The number of allylic oxidation sites excluding steroid dienone is 1. The Bertz CT molecular complexity index is 1370. The summed E-state index contributed by atoms with van der Waals surface area (Å²) in [5.74, 6) is -1.84. The molecule has 0 bridgehead atoms. The number of carbonyl (C=O) groups excluding carboxylic acids is 1. The van der Waals surface area contributed by atoms with Crippen LogP contribution in [0.4, 0.5) is 0 Å². The summed E-state index contributed by atoms with van der Waals surface area (Å²) >= 11 is 0. The van der Waals surface area contributed by atoms with Gasteiger partial charge < -0.3 is 32.8 Å². The minimum Gasteiger partial charge on any atom is -0.403 e. The van der Waals surface area contributed by atoms with Crippen molar-refractivity contribution in [2.45, 2.75) is 135 Å². The molecular weight excluding hydrogens is 625 g/mol. The molecule has 6 atom stereocenters. The first-order valence-electron chi connectivity index (χ1n) is 17.0. The summed E-state index contributed by atoms with van der Waals surface area (Å²) in [6.07, 6.45) is 3.42. The van der Waals surface area contributed by atoms with Crippen molar-refractivity contribution >= 4 is 14.1 Å². The molecule has 48 heavy (non-hydrogen) atoms. The van der Waals surface area contributed by atoms with E-state index in [0.717, 1.165) is 11.1 Å². The maximum Gasteiger partial charge on any atom is 0.193 e. The molecule has 4 rings (SSSR count). The molecule has 0 spiro atoms. The van der Waals surface area contributed by atoms with E-state index >= 15 is 0 Å². The number of hydrogen-bond donors (Lipinski definition) is 0. The Kier molecular flexibility index (Phi) is 12.8. The van der Waals surface area contributed by atoms with Gasteiger partial charge >= 0.3 is 0 Å². The third-order valence-corrected chi connectivity index (χ3v) is 13.6. The molecule has 2 aliphatic heterocycles. The van der Waals surface area contributed by atoms with Crippen molar-refractivity contribution in [1.82, 2.24) is 0 Å². The number of ketones is 1. The topological polar surface area (TPSA) is 81.7 Å². The van der Waals surface area contributed by atoms with Crippen molar-refractivity contribution in [1.29, 1.82) is 0 Å². The first-order chi connectivity index (χ1) is 22.5. The van der Waals surface area contributed by atoms with E-state index in [1.807, 2.05) is 107 Å². The highest BCUT2D eigenvalue weighted by Gasteiger charge is 2.54. The van der Waals surface area contributed by atoms with Crippen LogP contribution in [0, 0.1) is 0 Å². The second-order valence-corrected chi connectivity index (χ2v) is 19.8. The lowest BCUT2D eigenvalue weighted by Crippen LogP contribution is -2.50. The Morgan fingerprint density at radius 3 is 1.98 bits per heavy atom. The SMILES string of the molecule is C/C=C/[C@H](O[Si](C)(C)C(C)(C)C)C(=O)/C=C/[C@H](OCc1ccccc1)[C@@H](OCc1ccccc1)[C@H]1OC(C)(C)O[C@@H]1[C@H]1COC(C)(C)O1. The first-order valence-corrected chi connectivity index (χ1v) is 19.9. The maximum absolute atomic E-state index is 13.9. The van der Waals surface area contributed by atoms with Crippen LogP contribution in [0.15, 0.2) is 85.0 Å². The van der Waals surface area contributed by atoms with E-state index in [2.05, 4.69) is 33.9 Å². The molecule has 0 radical (unpaired) electrons. The van der Waals surface area contributed by atoms with E-state index in [4.69, 9.17) is 32.8 Å². The fourth-order valence-electron chi connectivity index (χ4n) is 5.55. The van der Waals surface area contributed by atoms with Crippen LogP contribution >= 0.6 is 0 Å². The highest BCUT2D eigenvalue weighted by atomic mass is 28.4. The van der Waals surface area contributed by atoms with Gasteiger partial charge in [-0.2, -0.15) is 0 Å². The van der Waals surface area contributed by atoms with E-state index in [-0.39, 0.29) is 10.8 Å². The molecule has 264 valence electrons. The number of carbonyl (C=O) groups is 1. The summed E-state index contributed by atoms with van der Waals surface area (Å²) < 4.78 is 45.3. The minimum absolute atomic E-state index is 0.0588. The average molecular weight is 681 g/mol. The van der Waals surface area contributed by atoms with Crippen LogP contribution in [0.1, 0.15) is 66.5 Å². The van der Waals surface area contributed by atoms with Crippen LogP contribution in [0.2, 0.25) is 18.1 Å². The van der Waals surface area contributed by atoms with Crippen molar-refractivity contribution in [3.8, 4) is 0 Å². The fraction of sp³-hybridized carbons (Fsp3) is 0.564. The van der Waals surface area contributed by atoms with Crippen LogP contribution in [-0.4, -0.2) is 68.9 Å². The monoisotopic (exact) mass is 680 g/mol. The lowest BCUT2D eigenvalue weighted by Gasteiger charge is -2.38. The molecule has 0 aromatic heterocycles. The standard InChI is InChI=1S/C39H56O8Si/c1-11-18-31(47-48(9,10)37(2,3)4)30(40)23-24-32(41-25-28-19-14-12-15-20-28)34(42-26-29-21-16-13-17-22-29)36-35(45-39(7,8)46-36)33-27-43-38(5,6)44-33/h11-24,31-36H,25-27H2,1-10H3/b18-11+,24-23+/t31-,32-,33+,34+,35+,36+/m0/s1. The predicted molar refractivity (Wildman–Crippen MR) is 190 cm³/mol. The Labute approximate surface area is 288 Å². The second kappa shape index (κ2) is 16.0. The van der Waals surface area contributed by atoms with Crippen LogP contribution < -0.4 is 0 Å². The van der Waals surface area contributed by atoms with Gasteiger partial charge in [0.15, 0.2) is 25.7 Å². The third-order valence-electron chi connectivity index (χ3n) is 9.10. The molecule has 0 saturated carbocycles. The zero-order valence-electron chi connectivity index (χ0n) is 30.4. The van der Waals surface area contributed by atoms with Gasteiger partial charge in [-0.1, -0.05) is 93.6 Å². The normalized spacial score (nSPS) is 24.7. The summed E-state index contributed by atoms with van der Waals surface area (Å²) in [4.78, 5) is 13.9. The van der Waals surface area contributed by atoms with Gasteiger partial charge in [0.25, 0.3) is 0 Å². The second-order valence-electron chi connectivity index (χ2n) is 15.0.